The summed E-state index contributed by atoms with van der Waals surface area (Å²) in [5.74, 6) is 2.72. The molecule has 144 valence electrons. The van der Waals surface area contributed by atoms with Crippen LogP contribution in [0.3, 0.4) is 0 Å². The number of esters is 1. The van der Waals surface area contributed by atoms with Gasteiger partial charge in [-0.25, -0.2) is 4.79 Å². The number of benzene rings is 1. The number of carbonyl (C=O) groups is 1. The Kier molecular flexibility index (Phi) is 4.44. The lowest BCUT2D eigenvalue weighted by Gasteiger charge is -2.61. The third kappa shape index (κ3) is 3.22. The van der Waals surface area contributed by atoms with Crippen molar-refractivity contribution < 1.29 is 18.8 Å². The third-order valence-electron chi connectivity index (χ3n) is 6.58. The maximum atomic E-state index is 12.8. The van der Waals surface area contributed by atoms with Crippen LogP contribution in [0.25, 0.3) is 0 Å². The lowest BCUT2D eigenvalue weighted by molar-refractivity contribution is -0.156. The molecule has 1 heterocycles. The number of carbonyl (C=O) groups excluding carboxylic acids is 1. The van der Waals surface area contributed by atoms with E-state index in [2.05, 4.69) is 30.9 Å². The molecule has 0 unspecified atom stereocenters. The SMILES string of the molecule is Cc1nc(COc2ccccc2C(=O)O[C@H]2C[C@H]3C[C@@H]([C@@H]2C)C3(C)C)no1. The molecule has 1 aromatic heterocycles. The van der Waals surface area contributed by atoms with E-state index in [1.807, 2.05) is 12.1 Å². The molecule has 0 amide bonds. The Morgan fingerprint density at radius 2 is 2.07 bits per heavy atom. The number of hydrogen-bond acceptors (Lipinski definition) is 6. The number of aryl methyl sites for hydroxylation is 1. The van der Waals surface area contributed by atoms with Gasteiger partial charge < -0.3 is 14.0 Å². The van der Waals surface area contributed by atoms with Gasteiger partial charge in [0.25, 0.3) is 0 Å². The molecule has 3 fully saturated rings. The maximum absolute atomic E-state index is 12.8. The number of hydrogen-bond donors (Lipinski definition) is 0. The molecule has 2 bridgehead atoms. The molecule has 0 N–H and O–H groups in total. The Labute approximate surface area is 159 Å². The fraction of sp³-hybridized carbons (Fsp3) is 0.571. The van der Waals surface area contributed by atoms with Crippen LogP contribution < -0.4 is 4.74 Å². The normalized spacial score (nSPS) is 28.3. The lowest BCUT2D eigenvalue weighted by Crippen LogP contribution is -2.57. The van der Waals surface area contributed by atoms with Crippen molar-refractivity contribution in [3.63, 3.8) is 0 Å². The first kappa shape index (κ1) is 18.0. The van der Waals surface area contributed by atoms with E-state index in [9.17, 15) is 4.79 Å². The highest BCUT2D eigenvalue weighted by molar-refractivity contribution is 5.92. The predicted molar refractivity (Wildman–Crippen MR) is 98.2 cm³/mol. The van der Waals surface area contributed by atoms with Gasteiger partial charge in [0.1, 0.15) is 17.4 Å². The predicted octanol–water partition coefficient (Wildman–Crippen LogP) is 4.18. The number of ether oxygens (including phenoxy) is 2. The summed E-state index contributed by atoms with van der Waals surface area (Å²) in [5, 5.41) is 3.81. The quantitative estimate of drug-likeness (QED) is 0.735. The molecule has 1 aromatic carbocycles. The summed E-state index contributed by atoms with van der Waals surface area (Å²) in [7, 11) is 0. The van der Waals surface area contributed by atoms with E-state index in [4.69, 9.17) is 14.0 Å². The molecule has 6 heteroatoms. The van der Waals surface area contributed by atoms with Gasteiger partial charge in [-0.3, -0.25) is 0 Å². The average molecular weight is 370 g/mol. The van der Waals surface area contributed by atoms with Gasteiger partial charge in [0.2, 0.25) is 11.7 Å². The summed E-state index contributed by atoms with van der Waals surface area (Å²) in [6.45, 7) is 8.74. The molecule has 0 radical (unpaired) electrons. The van der Waals surface area contributed by atoms with Gasteiger partial charge in [-0.2, -0.15) is 4.98 Å². The number of rotatable bonds is 5. The highest BCUT2D eigenvalue weighted by Gasteiger charge is 2.57. The summed E-state index contributed by atoms with van der Waals surface area (Å²) < 4.78 is 16.6. The molecule has 0 aliphatic heterocycles. The Balaban J connectivity index is 1.43. The van der Waals surface area contributed by atoms with Crippen LogP contribution in [0.2, 0.25) is 0 Å². The monoisotopic (exact) mass is 370 g/mol. The first-order valence-corrected chi connectivity index (χ1v) is 9.58. The third-order valence-corrected chi connectivity index (χ3v) is 6.58. The molecule has 0 spiro atoms. The fourth-order valence-electron chi connectivity index (χ4n) is 4.76. The van der Waals surface area contributed by atoms with Crippen molar-refractivity contribution in [2.24, 2.45) is 23.2 Å². The summed E-state index contributed by atoms with van der Waals surface area (Å²) >= 11 is 0. The zero-order chi connectivity index (χ0) is 19.2. The summed E-state index contributed by atoms with van der Waals surface area (Å²) in [6.07, 6.45) is 2.18. The molecular weight excluding hydrogens is 344 g/mol. The van der Waals surface area contributed by atoms with E-state index in [0.717, 1.165) is 6.42 Å². The van der Waals surface area contributed by atoms with Gasteiger partial charge in [0.15, 0.2) is 6.61 Å². The first-order chi connectivity index (χ1) is 12.9. The van der Waals surface area contributed by atoms with Crippen molar-refractivity contribution in [3.05, 3.63) is 41.5 Å². The van der Waals surface area contributed by atoms with Gasteiger partial charge >= 0.3 is 5.97 Å². The highest BCUT2D eigenvalue weighted by atomic mass is 16.5. The van der Waals surface area contributed by atoms with Crippen LogP contribution in [0, 0.1) is 30.1 Å². The van der Waals surface area contributed by atoms with Gasteiger partial charge in [-0.05, 0) is 48.1 Å². The molecule has 27 heavy (non-hydrogen) atoms. The largest absolute Gasteiger partial charge is 0.485 e. The Bertz CT molecular complexity index is 844. The van der Waals surface area contributed by atoms with Crippen LogP contribution in [0.4, 0.5) is 0 Å². The number of fused-ring (bicyclic) bond motifs is 2. The van der Waals surface area contributed by atoms with Crippen LogP contribution in [-0.4, -0.2) is 22.2 Å². The van der Waals surface area contributed by atoms with Crippen LogP contribution >= 0.6 is 0 Å². The smallest absolute Gasteiger partial charge is 0.342 e. The molecule has 3 aliphatic rings. The molecule has 2 aromatic rings. The molecule has 3 saturated carbocycles. The van der Waals surface area contributed by atoms with Gasteiger partial charge in [-0.15, -0.1) is 0 Å². The standard InChI is InChI=1S/C21H26N2O4/c1-12-16-9-14(21(16,3)4)10-18(12)26-20(24)15-7-5-6-8-17(15)25-11-19-22-13(2)27-23-19/h5-8,12,14,16,18H,9-11H2,1-4H3/t12-,14+,16-,18-/m0/s1. The van der Waals surface area contributed by atoms with E-state index >= 15 is 0 Å². The van der Waals surface area contributed by atoms with Crippen LogP contribution in [0.15, 0.2) is 28.8 Å². The Hall–Kier alpha value is -2.37. The minimum absolute atomic E-state index is 0.0258. The minimum atomic E-state index is -0.328. The molecule has 5 rings (SSSR count). The van der Waals surface area contributed by atoms with Crippen molar-refractivity contribution in [3.8, 4) is 5.75 Å². The number of aromatic nitrogens is 2. The van der Waals surface area contributed by atoms with E-state index in [1.54, 1.807) is 19.1 Å². The van der Waals surface area contributed by atoms with Crippen molar-refractivity contribution in [2.45, 2.75) is 53.2 Å². The molecule has 6 nitrogen and oxygen atoms in total. The van der Waals surface area contributed by atoms with E-state index in [0.29, 0.717) is 46.2 Å². The molecule has 4 atom stereocenters. The van der Waals surface area contributed by atoms with E-state index in [-0.39, 0.29) is 18.7 Å². The zero-order valence-electron chi connectivity index (χ0n) is 16.3. The maximum Gasteiger partial charge on any atom is 0.342 e. The van der Waals surface area contributed by atoms with Crippen molar-refractivity contribution in [2.75, 3.05) is 0 Å². The van der Waals surface area contributed by atoms with Crippen LogP contribution in [0.1, 0.15) is 55.7 Å². The molecular formula is C21H26N2O4. The second-order valence-corrected chi connectivity index (χ2v) is 8.41. The van der Waals surface area contributed by atoms with Crippen LogP contribution in [-0.2, 0) is 11.3 Å². The van der Waals surface area contributed by atoms with E-state index in [1.165, 1.54) is 6.42 Å². The van der Waals surface area contributed by atoms with Crippen molar-refractivity contribution in [1.29, 1.82) is 0 Å². The van der Waals surface area contributed by atoms with Crippen LogP contribution in [0.5, 0.6) is 5.75 Å². The van der Waals surface area contributed by atoms with Gasteiger partial charge in [0, 0.05) is 6.92 Å². The number of para-hydroxylation sites is 1. The number of nitrogens with zero attached hydrogens (tertiary/aromatic N) is 2. The zero-order valence-corrected chi connectivity index (χ0v) is 16.3. The van der Waals surface area contributed by atoms with E-state index < -0.39 is 0 Å². The fourth-order valence-corrected chi connectivity index (χ4v) is 4.76. The Morgan fingerprint density at radius 3 is 2.74 bits per heavy atom. The lowest BCUT2D eigenvalue weighted by atomic mass is 9.45. The molecule has 3 aliphatic carbocycles. The van der Waals surface area contributed by atoms with Crippen molar-refractivity contribution >= 4 is 5.97 Å². The van der Waals surface area contributed by atoms with Gasteiger partial charge in [-0.1, -0.05) is 38.1 Å². The first-order valence-electron chi connectivity index (χ1n) is 9.58. The Morgan fingerprint density at radius 1 is 1.30 bits per heavy atom. The average Bonchev–Trinajstić information content (AvgIpc) is 3.06. The highest BCUT2D eigenvalue weighted by Crippen LogP contribution is 2.61. The topological polar surface area (TPSA) is 74.5 Å². The minimum Gasteiger partial charge on any atom is -0.485 e. The summed E-state index contributed by atoms with van der Waals surface area (Å²) in [6, 6.07) is 7.13. The van der Waals surface area contributed by atoms with Crippen molar-refractivity contribution in [1.82, 2.24) is 10.1 Å². The molecule has 0 saturated heterocycles. The second kappa shape index (κ2) is 6.66. The second-order valence-electron chi connectivity index (χ2n) is 8.41. The summed E-state index contributed by atoms with van der Waals surface area (Å²) in [5.41, 5.74) is 0.801. The summed E-state index contributed by atoms with van der Waals surface area (Å²) in [4.78, 5) is 16.9. The van der Waals surface area contributed by atoms with Gasteiger partial charge in [0.05, 0.1) is 0 Å².